The number of amides is 2. The van der Waals surface area contributed by atoms with E-state index in [4.69, 9.17) is 9.47 Å². The summed E-state index contributed by atoms with van der Waals surface area (Å²) >= 11 is 2.08. The Bertz CT molecular complexity index is 1770. The highest BCUT2D eigenvalue weighted by molar-refractivity contribution is 14.1. The third kappa shape index (κ3) is 8.40. The van der Waals surface area contributed by atoms with E-state index in [-0.39, 0.29) is 36.8 Å². The second kappa shape index (κ2) is 17.4. The first kappa shape index (κ1) is 38.0. The van der Waals surface area contributed by atoms with E-state index in [0.29, 0.717) is 52.7 Å². The average Bonchev–Trinajstić information content (AvgIpc) is 3.42. The first-order valence-electron chi connectivity index (χ1n) is 18.3. The molecule has 6 rings (SSSR count). The van der Waals surface area contributed by atoms with Crippen LogP contribution in [0, 0.1) is 21.3 Å². The third-order valence-corrected chi connectivity index (χ3v) is 11.8. The molecule has 2 saturated heterocycles. The number of aliphatic hydroxyl groups is 2. The number of phenolic OH excluding ortho intramolecular Hbond substituents is 1. The van der Waals surface area contributed by atoms with Crippen LogP contribution in [0.25, 0.3) is 6.08 Å². The van der Waals surface area contributed by atoms with Gasteiger partial charge in [-0.15, -0.1) is 0 Å². The number of aromatic hydroxyl groups is 1. The Morgan fingerprint density at radius 1 is 1.02 bits per heavy atom. The number of likely N-dealkylation sites (tertiary alicyclic amines) is 2. The zero-order valence-corrected chi connectivity index (χ0v) is 32.1. The molecule has 9 nitrogen and oxygen atoms in total. The first-order valence-corrected chi connectivity index (χ1v) is 19.4. The van der Waals surface area contributed by atoms with Gasteiger partial charge in [0, 0.05) is 31.6 Å². The molecule has 0 saturated carbocycles. The topological polar surface area (TPSA) is 120 Å². The maximum atomic E-state index is 14.3. The standard InChI is InChI=1S/C42H49IN2O7/c1-3-27(20-29-21-35(43)40(48)37(22-29)51-2)14-15-36(47)38-30(26-52-32-12-8-5-9-13-32)23-33-39(34(38)25-46)42(50)45(41(33)49)31-16-18-44(19-17-31)24-28-10-6-4-7-11-28/h4-13,20-22,31,33-34,36,39,46-48H,3,14-19,23-26H2,1-2H3/b27-20+/t33-,34+,36-,39-/m1/s1. The number of rotatable bonds is 14. The molecule has 0 spiro atoms. The maximum absolute atomic E-state index is 14.3. The molecule has 276 valence electrons. The van der Waals surface area contributed by atoms with Crippen molar-refractivity contribution >= 4 is 40.5 Å². The maximum Gasteiger partial charge on any atom is 0.234 e. The van der Waals surface area contributed by atoms with Gasteiger partial charge >= 0.3 is 0 Å². The van der Waals surface area contributed by atoms with E-state index in [2.05, 4.69) is 46.5 Å². The molecule has 0 radical (unpaired) electrons. The van der Waals surface area contributed by atoms with Gasteiger partial charge in [-0.05, 0) is 108 Å². The van der Waals surface area contributed by atoms with Crippen LogP contribution < -0.4 is 9.47 Å². The monoisotopic (exact) mass is 820 g/mol. The summed E-state index contributed by atoms with van der Waals surface area (Å²) in [5, 5.41) is 33.2. The van der Waals surface area contributed by atoms with Crippen molar-refractivity contribution in [3.63, 3.8) is 0 Å². The molecule has 3 aromatic rings. The second-order valence-electron chi connectivity index (χ2n) is 14.1. The molecule has 3 aromatic carbocycles. The van der Waals surface area contributed by atoms with Crippen molar-refractivity contribution in [1.82, 2.24) is 9.80 Å². The Morgan fingerprint density at radius 2 is 1.71 bits per heavy atom. The van der Waals surface area contributed by atoms with Gasteiger partial charge in [0.2, 0.25) is 11.8 Å². The number of fused-ring (bicyclic) bond motifs is 1. The van der Waals surface area contributed by atoms with Gasteiger partial charge in [0.05, 0.1) is 35.2 Å². The number of carbonyl (C=O) groups is 2. The third-order valence-electron chi connectivity index (χ3n) is 10.9. The average molecular weight is 821 g/mol. The Labute approximate surface area is 320 Å². The Balaban J connectivity index is 1.22. The highest BCUT2D eigenvalue weighted by Crippen LogP contribution is 2.47. The fourth-order valence-electron chi connectivity index (χ4n) is 8.24. The number of para-hydroxylation sites is 1. The highest BCUT2D eigenvalue weighted by atomic mass is 127. The second-order valence-corrected chi connectivity index (χ2v) is 15.3. The zero-order chi connectivity index (χ0) is 36.8. The molecule has 52 heavy (non-hydrogen) atoms. The predicted octanol–water partition coefficient (Wildman–Crippen LogP) is 6.59. The van der Waals surface area contributed by atoms with Gasteiger partial charge in [-0.2, -0.15) is 0 Å². The van der Waals surface area contributed by atoms with Gasteiger partial charge in [-0.1, -0.05) is 67.1 Å². The SMILES string of the molecule is CC/C(=C\c1cc(I)c(O)c(OC)c1)CC[C@@H](O)C1=C(COc2ccccc2)C[C@H]2C(=O)N(C3CCN(Cc4ccccc4)CC3)C(=O)[C@H]2[C@H]1CO. The van der Waals surface area contributed by atoms with Crippen molar-refractivity contribution < 1.29 is 34.4 Å². The fourth-order valence-corrected chi connectivity index (χ4v) is 8.86. The van der Waals surface area contributed by atoms with Gasteiger partial charge in [-0.25, -0.2) is 0 Å². The number of allylic oxidation sites excluding steroid dienone is 1. The van der Waals surface area contributed by atoms with Crippen LogP contribution in [0.2, 0.25) is 0 Å². The van der Waals surface area contributed by atoms with Crippen LogP contribution in [0.4, 0.5) is 0 Å². The zero-order valence-electron chi connectivity index (χ0n) is 29.9. The molecule has 0 unspecified atom stereocenters. The molecule has 2 heterocycles. The highest BCUT2D eigenvalue weighted by Gasteiger charge is 2.56. The summed E-state index contributed by atoms with van der Waals surface area (Å²) in [6.45, 7) is 4.27. The minimum absolute atomic E-state index is 0.101. The number of phenols is 1. The lowest BCUT2D eigenvalue weighted by molar-refractivity contribution is -0.144. The van der Waals surface area contributed by atoms with Crippen LogP contribution >= 0.6 is 22.6 Å². The molecule has 2 amide bonds. The van der Waals surface area contributed by atoms with Crippen LogP contribution in [0.15, 0.2) is 89.5 Å². The Morgan fingerprint density at radius 3 is 2.37 bits per heavy atom. The lowest BCUT2D eigenvalue weighted by atomic mass is 9.68. The van der Waals surface area contributed by atoms with Crippen molar-refractivity contribution in [2.45, 2.75) is 64.1 Å². The smallest absolute Gasteiger partial charge is 0.234 e. The molecular formula is C42H49IN2O7. The van der Waals surface area contributed by atoms with Gasteiger partial charge in [0.1, 0.15) is 12.4 Å². The minimum atomic E-state index is -0.949. The summed E-state index contributed by atoms with van der Waals surface area (Å²) in [6, 6.07) is 23.2. The molecule has 3 aliphatic rings. The molecule has 2 aliphatic heterocycles. The molecule has 4 atom stereocenters. The summed E-state index contributed by atoms with van der Waals surface area (Å²) in [6.07, 6.45) is 4.50. The molecular weight excluding hydrogens is 771 g/mol. The minimum Gasteiger partial charge on any atom is -0.504 e. The van der Waals surface area contributed by atoms with Crippen molar-refractivity contribution in [3.8, 4) is 17.2 Å². The molecule has 2 fully saturated rings. The number of hydrogen-bond donors (Lipinski definition) is 3. The number of methoxy groups -OCH3 is 1. The number of hydrogen-bond acceptors (Lipinski definition) is 8. The fraction of sp³-hybridized carbons (Fsp3) is 0.429. The lowest BCUT2D eigenvalue weighted by Crippen LogP contribution is -2.47. The number of halogens is 1. The van der Waals surface area contributed by atoms with Gasteiger partial charge in [0.15, 0.2) is 11.5 Å². The number of piperidine rings is 1. The normalized spacial score (nSPS) is 22.1. The Hall–Kier alpha value is -3.71. The van der Waals surface area contributed by atoms with Crippen LogP contribution in [0.5, 0.6) is 17.2 Å². The van der Waals surface area contributed by atoms with E-state index in [0.717, 1.165) is 42.8 Å². The number of benzene rings is 3. The summed E-state index contributed by atoms with van der Waals surface area (Å²) in [7, 11) is 1.52. The van der Waals surface area contributed by atoms with Crippen LogP contribution in [-0.4, -0.2) is 82.5 Å². The number of ether oxygens (including phenoxy) is 2. The van der Waals surface area contributed by atoms with E-state index in [1.54, 1.807) is 6.07 Å². The molecule has 3 N–H and O–H groups in total. The summed E-state index contributed by atoms with van der Waals surface area (Å²) < 4.78 is 12.2. The number of aliphatic hydroxyl groups excluding tert-OH is 2. The molecule has 0 bridgehead atoms. The van der Waals surface area contributed by atoms with E-state index in [1.165, 1.54) is 17.6 Å². The van der Waals surface area contributed by atoms with E-state index in [9.17, 15) is 24.9 Å². The van der Waals surface area contributed by atoms with Gasteiger partial charge in [0.25, 0.3) is 0 Å². The molecule has 0 aromatic heterocycles. The Kier molecular flexibility index (Phi) is 12.7. The number of imide groups is 1. The van der Waals surface area contributed by atoms with Gasteiger partial charge in [-0.3, -0.25) is 19.4 Å². The van der Waals surface area contributed by atoms with E-state index in [1.807, 2.05) is 60.7 Å². The van der Waals surface area contributed by atoms with E-state index < -0.39 is 23.9 Å². The number of carbonyl (C=O) groups excluding carboxylic acids is 2. The number of nitrogens with zero attached hydrogens (tertiary/aromatic N) is 2. The molecule has 10 heteroatoms. The summed E-state index contributed by atoms with van der Waals surface area (Å²) in [4.78, 5) is 32.3. The quantitative estimate of drug-likeness (QED) is 0.0948. The van der Waals surface area contributed by atoms with Crippen LogP contribution in [0.1, 0.15) is 56.6 Å². The predicted molar refractivity (Wildman–Crippen MR) is 209 cm³/mol. The van der Waals surface area contributed by atoms with Gasteiger partial charge < -0.3 is 24.8 Å². The van der Waals surface area contributed by atoms with Crippen molar-refractivity contribution in [2.75, 3.05) is 33.4 Å². The molecule has 1 aliphatic carbocycles. The summed E-state index contributed by atoms with van der Waals surface area (Å²) in [5.41, 5.74) is 4.62. The van der Waals surface area contributed by atoms with Crippen LogP contribution in [-0.2, 0) is 16.1 Å². The lowest BCUT2D eigenvalue weighted by Gasteiger charge is -2.37. The van der Waals surface area contributed by atoms with Crippen molar-refractivity contribution in [1.29, 1.82) is 0 Å². The van der Waals surface area contributed by atoms with Crippen LogP contribution in [0.3, 0.4) is 0 Å². The summed E-state index contributed by atoms with van der Waals surface area (Å²) in [5.74, 6) is -1.26. The van der Waals surface area contributed by atoms with Crippen molar-refractivity contribution in [2.24, 2.45) is 17.8 Å². The largest absolute Gasteiger partial charge is 0.504 e. The van der Waals surface area contributed by atoms with E-state index >= 15 is 0 Å². The van der Waals surface area contributed by atoms with Crippen molar-refractivity contribution in [3.05, 3.63) is 104 Å². The first-order chi connectivity index (χ1) is 25.2.